The number of nitrogens with two attached hydrogens (primary N) is 1. The van der Waals surface area contributed by atoms with Gasteiger partial charge in [0.25, 0.3) is 5.78 Å². The summed E-state index contributed by atoms with van der Waals surface area (Å²) in [5.74, 6) is -2.17. The van der Waals surface area contributed by atoms with E-state index in [1.165, 1.54) is 0 Å². The van der Waals surface area contributed by atoms with E-state index in [1.807, 2.05) is 0 Å². The summed E-state index contributed by atoms with van der Waals surface area (Å²) in [6.07, 6.45) is 0.841. The summed E-state index contributed by atoms with van der Waals surface area (Å²) >= 11 is 0. The zero-order valence-corrected chi connectivity index (χ0v) is 10.1. The molecule has 0 fully saturated rings. The summed E-state index contributed by atoms with van der Waals surface area (Å²) in [4.78, 5) is 22.4. The average Bonchev–Trinajstić information content (AvgIpc) is 2.39. The van der Waals surface area contributed by atoms with Crippen LogP contribution in [0, 0.1) is 0 Å². The molecule has 0 atom stereocenters. The number of ketones is 1. The number of carbonyl (C=O) groups excluding carboxylic acids is 2. The smallest absolute Gasteiger partial charge is 0.379 e. The minimum absolute atomic E-state index is 0.113. The van der Waals surface area contributed by atoms with E-state index in [4.69, 9.17) is 5.73 Å². The monoisotopic (exact) mass is 249 g/mol. The van der Waals surface area contributed by atoms with Gasteiger partial charge in [-0.25, -0.2) is 4.79 Å². The van der Waals surface area contributed by atoms with Crippen LogP contribution in [0.15, 0.2) is 30.3 Å². The van der Waals surface area contributed by atoms with E-state index in [1.54, 1.807) is 31.2 Å². The van der Waals surface area contributed by atoms with E-state index in [-0.39, 0.29) is 12.4 Å². The number of esters is 1. The molecule has 18 heavy (non-hydrogen) atoms. The van der Waals surface area contributed by atoms with Gasteiger partial charge in [-0.15, -0.1) is 0 Å². The van der Waals surface area contributed by atoms with Gasteiger partial charge in [0.2, 0.25) is 0 Å². The van der Waals surface area contributed by atoms with Crippen LogP contribution in [-0.4, -0.2) is 23.5 Å². The first-order valence-electron chi connectivity index (χ1n) is 5.49. The molecule has 0 saturated heterocycles. The number of hydrogen-bond donors (Lipinski definition) is 2. The lowest BCUT2D eigenvalue weighted by molar-refractivity contribution is -0.151. The van der Waals surface area contributed by atoms with Gasteiger partial charge in [-0.1, -0.05) is 18.2 Å². The van der Waals surface area contributed by atoms with Crippen molar-refractivity contribution in [3.8, 4) is 0 Å². The molecule has 96 valence electrons. The molecule has 0 bridgehead atoms. The molecule has 5 heteroatoms. The van der Waals surface area contributed by atoms with Gasteiger partial charge in [0.15, 0.2) is 0 Å². The van der Waals surface area contributed by atoms with Crippen molar-refractivity contribution in [2.45, 2.75) is 13.5 Å². The topological polar surface area (TPSA) is 89.6 Å². The normalized spacial score (nSPS) is 11.1. The van der Waals surface area contributed by atoms with Crippen LogP contribution >= 0.6 is 0 Å². The van der Waals surface area contributed by atoms with Crippen LogP contribution in [0.1, 0.15) is 18.1 Å². The first-order chi connectivity index (χ1) is 8.58. The lowest BCUT2D eigenvalue weighted by Crippen LogP contribution is -2.15. The maximum Gasteiger partial charge on any atom is 0.379 e. The van der Waals surface area contributed by atoms with Crippen molar-refractivity contribution < 1.29 is 19.4 Å². The molecule has 1 aromatic rings. The predicted octanol–water partition coefficient (Wildman–Crippen LogP) is 1.18. The summed E-state index contributed by atoms with van der Waals surface area (Å²) < 4.78 is 4.52. The lowest BCUT2D eigenvalue weighted by atomic mass is 10.1. The van der Waals surface area contributed by atoms with Gasteiger partial charge >= 0.3 is 5.97 Å². The first kappa shape index (κ1) is 13.9. The molecule has 0 heterocycles. The van der Waals surface area contributed by atoms with Crippen LogP contribution in [0.2, 0.25) is 0 Å². The van der Waals surface area contributed by atoms with E-state index >= 15 is 0 Å². The van der Waals surface area contributed by atoms with Crippen molar-refractivity contribution in [1.29, 1.82) is 0 Å². The van der Waals surface area contributed by atoms with Crippen LogP contribution < -0.4 is 5.73 Å². The molecule has 3 N–H and O–H groups in total. The zero-order valence-electron chi connectivity index (χ0n) is 10.1. The number of ether oxygens (including phenoxy) is 1. The van der Waals surface area contributed by atoms with Crippen LogP contribution in [0.4, 0.5) is 0 Å². The number of aliphatic hydroxyl groups is 1. The van der Waals surface area contributed by atoms with Gasteiger partial charge in [0, 0.05) is 18.2 Å². The molecule has 1 aromatic carbocycles. The number of hydrogen-bond acceptors (Lipinski definition) is 5. The third-order valence-corrected chi connectivity index (χ3v) is 2.20. The van der Waals surface area contributed by atoms with Crippen molar-refractivity contribution in [2.24, 2.45) is 5.73 Å². The Hall–Kier alpha value is -2.14. The highest BCUT2D eigenvalue weighted by Crippen LogP contribution is 2.13. The van der Waals surface area contributed by atoms with Gasteiger partial charge in [-0.2, -0.15) is 0 Å². The van der Waals surface area contributed by atoms with Crippen LogP contribution in [0.5, 0.6) is 0 Å². The summed E-state index contributed by atoms with van der Waals surface area (Å²) in [7, 11) is 0. The Labute approximate surface area is 105 Å². The third kappa shape index (κ3) is 3.71. The molecule has 0 radical (unpaired) electrons. The highest BCUT2D eigenvalue weighted by Gasteiger charge is 2.13. The van der Waals surface area contributed by atoms with E-state index in [0.29, 0.717) is 12.1 Å². The van der Waals surface area contributed by atoms with E-state index in [0.717, 1.165) is 11.6 Å². The second-order valence-electron chi connectivity index (χ2n) is 3.52. The molecule has 0 amide bonds. The van der Waals surface area contributed by atoms with Crippen molar-refractivity contribution in [2.75, 3.05) is 6.61 Å². The van der Waals surface area contributed by atoms with Crippen LogP contribution in [-0.2, 0) is 20.9 Å². The summed E-state index contributed by atoms with van der Waals surface area (Å²) in [5.41, 5.74) is 6.71. The lowest BCUT2D eigenvalue weighted by Gasteiger charge is -2.03. The molecule has 0 aliphatic rings. The highest BCUT2D eigenvalue weighted by molar-refractivity contribution is 6.39. The van der Waals surface area contributed by atoms with Crippen molar-refractivity contribution in [1.82, 2.24) is 0 Å². The Morgan fingerprint density at radius 3 is 2.78 bits per heavy atom. The fourth-order valence-electron chi connectivity index (χ4n) is 1.33. The first-order valence-corrected chi connectivity index (χ1v) is 5.49. The minimum atomic E-state index is -0.987. The molecule has 0 aliphatic heterocycles. The van der Waals surface area contributed by atoms with Crippen molar-refractivity contribution >= 4 is 17.5 Å². The van der Waals surface area contributed by atoms with Crippen LogP contribution in [0.25, 0.3) is 5.76 Å². The van der Waals surface area contributed by atoms with Gasteiger partial charge in [0.1, 0.15) is 5.76 Å². The largest absolute Gasteiger partial charge is 0.507 e. The third-order valence-electron chi connectivity index (χ3n) is 2.20. The fourth-order valence-corrected chi connectivity index (χ4v) is 1.33. The molecular weight excluding hydrogens is 234 g/mol. The minimum Gasteiger partial charge on any atom is -0.507 e. The second-order valence-corrected chi connectivity index (χ2v) is 3.52. The Kier molecular flexibility index (Phi) is 5.07. The molecule has 1 rings (SSSR count). The van der Waals surface area contributed by atoms with E-state index in [9.17, 15) is 14.7 Å². The molecule has 0 aromatic heterocycles. The van der Waals surface area contributed by atoms with Gasteiger partial charge in [-0.05, 0) is 18.6 Å². The molecule has 0 spiro atoms. The quantitative estimate of drug-likeness (QED) is 0.354. The van der Waals surface area contributed by atoms with Crippen molar-refractivity contribution in [3.63, 3.8) is 0 Å². The Morgan fingerprint density at radius 2 is 2.17 bits per heavy atom. The number of carbonyl (C=O) groups is 2. The number of benzene rings is 1. The van der Waals surface area contributed by atoms with Crippen molar-refractivity contribution in [3.05, 3.63) is 41.5 Å². The number of aliphatic hydroxyl groups excluding tert-OH is 1. The predicted molar refractivity (Wildman–Crippen MR) is 66.6 cm³/mol. The average molecular weight is 249 g/mol. The Bertz CT molecular complexity index is 480. The summed E-state index contributed by atoms with van der Waals surface area (Å²) in [6.45, 7) is 2.04. The SMILES string of the molecule is CCOC(=O)C(=O)C=C(O)c1cccc(CN)c1. The molecular formula is C13H15NO4. The molecule has 0 aliphatic carbocycles. The van der Waals surface area contributed by atoms with E-state index < -0.39 is 11.8 Å². The standard InChI is InChI=1S/C13H15NO4/c1-2-18-13(17)12(16)7-11(15)10-5-3-4-9(6-10)8-14/h3-7,15H,2,8,14H2,1H3. The molecule has 0 unspecified atom stereocenters. The Morgan fingerprint density at radius 1 is 1.44 bits per heavy atom. The number of rotatable bonds is 5. The molecule has 0 saturated carbocycles. The van der Waals surface area contributed by atoms with E-state index in [2.05, 4.69) is 4.74 Å². The van der Waals surface area contributed by atoms with Crippen LogP contribution in [0.3, 0.4) is 0 Å². The summed E-state index contributed by atoms with van der Waals surface area (Å²) in [6, 6.07) is 6.76. The maximum absolute atomic E-state index is 11.3. The second kappa shape index (κ2) is 6.56. The highest BCUT2D eigenvalue weighted by atomic mass is 16.5. The Balaban J connectivity index is 2.88. The summed E-state index contributed by atoms with van der Waals surface area (Å²) in [5, 5.41) is 9.72. The van der Waals surface area contributed by atoms with Gasteiger partial charge < -0.3 is 15.6 Å². The van der Waals surface area contributed by atoms with Gasteiger partial charge in [-0.3, -0.25) is 4.79 Å². The maximum atomic E-state index is 11.3. The van der Waals surface area contributed by atoms with Gasteiger partial charge in [0.05, 0.1) is 6.61 Å². The fraction of sp³-hybridized carbons (Fsp3) is 0.231. The zero-order chi connectivity index (χ0) is 13.5. The molecule has 5 nitrogen and oxygen atoms in total.